The molecule has 0 amide bonds. The van der Waals surface area contributed by atoms with E-state index in [2.05, 4.69) is 39.6 Å². The van der Waals surface area contributed by atoms with Crippen LogP contribution in [0.15, 0.2) is 15.9 Å². The van der Waals surface area contributed by atoms with Crippen molar-refractivity contribution in [1.29, 1.82) is 0 Å². The highest BCUT2D eigenvalue weighted by molar-refractivity contribution is 9.10. The molecule has 0 saturated heterocycles. The lowest BCUT2D eigenvalue weighted by Gasteiger charge is -2.22. The van der Waals surface area contributed by atoms with Gasteiger partial charge in [-0.15, -0.1) is 11.3 Å². The van der Waals surface area contributed by atoms with E-state index in [9.17, 15) is 0 Å². The molecule has 0 spiro atoms. The van der Waals surface area contributed by atoms with Crippen LogP contribution in [0.1, 0.15) is 56.4 Å². The third-order valence-corrected chi connectivity index (χ3v) is 5.77. The molecule has 1 unspecified atom stereocenters. The molecule has 0 bridgehead atoms. The van der Waals surface area contributed by atoms with E-state index in [1.54, 1.807) is 11.3 Å². The van der Waals surface area contributed by atoms with E-state index < -0.39 is 0 Å². The fourth-order valence-corrected chi connectivity index (χ4v) is 4.33. The second-order valence-electron chi connectivity index (χ2n) is 5.29. The quantitative estimate of drug-likeness (QED) is 0.709. The summed E-state index contributed by atoms with van der Waals surface area (Å²) in [7, 11) is 0. The number of ether oxygens (including phenoxy) is 1. The first-order valence-corrected chi connectivity index (χ1v) is 9.02. The lowest BCUT2D eigenvalue weighted by atomic mass is 9.98. The van der Waals surface area contributed by atoms with E-state index in [1.165, 1.54) is 41.5 Å². The zero-order valence-electron chi connectivity index (χ0n) is 11.7. The Hall–Kier alpha value is 0.100. The summed E-state index contributed by atoms with van der Waals surface area (Å²) in [6.07, 6.45) is 8.28. The van der Waals surface area contributed by atoms with Crippen molar-refractivity contribution in [3.63, 3.8) is 0 Å². The second kappa shape index (κ2) is 8.40. The van der Waals surface area contributed by atoms with E-state index >= 15 is 0 Å². The number of hydrogen-bond acceptors (Lipinski definition) is 3. The van der Waals surface area contributed by atoms with Crippen LogP contribution in [-0.4, -0.2) is 19.3 Å². The first kappa shape index (κ1) is 15.5. The van der Waals surface area contributed by atoms with Crippen LogP contribution in [0, 0.1) is 0 Å². The van der Waals surface area contributed by atoms with Gasteiger partial charge in [0.15, 0.2) is 0 Å². The lowest BCUT2D eigenvalue weighted by Crippen LogP contribution is -2.22. The predicted molar refractivity (Wildman–Crippen MR) is 85.9 cm³/mol. The summed E-state index contributed by atoms with van der Waals surface area (Å²) in [5.41, 5.74) is 0. The summed E-state index contributed by atoms with van der Waals surface area (Å²) in [5.74, 6) is 0. The van der Waals surface area contributed by atoms with Gasteiger partial charge in [0, 0.05) is 22.0 Å². The number of hydrogen-bond donors (Lipinski definition) is 1. The SMILES string of the molecule is CC(NCCCOC1CCCCC1)c1sccc1Br. The van der Waals surface area contributed by atoms with Crippen LogP contribution >= 0.6 is 27.3 Å². The van der Waals surface area contributed by atoms with Gasteiger partial charge in [0.2, 0.25) is 0 Å². The molecule has 4 heteroatoms. The third kappa shape index (κ3) is 5.18. The Bertz CT molecular complexity index is 363. The van der Waals surface area contributed by atoms with E-state index in [0.29, 0.717) is 12.1 Å². The molecular weight excluding hydrogens is 322 g/mol. The molecule has 0 radical (unpaired) electrons. The maximum atomic E-state index is 5.93. The standard InChI is InChI=1S/C15H24BrNOS/c1-12(15-14(16)8-11-19-15)17-9-5-10-18-13-6-3-2-4-7-13/h8,11-13,17H,2-7,9-10H2,1H3. The molecule has 1 aromatic heterocycles. The minimum atomic E-state index is 0.420. The summed E-state index contributed by atoms with van der Waals surface area (Å²) in [6, 6.07) is 2.54. The van der Waals surface area contributed by atoms with Gasteiger partial charge in [-0.1, -0.05) is 19.3 Å². The minimum Gasteiger partial charge on any atom is -0.378 e. The van der Waals surface area contributed by atoms with Crippen molar-refractivity contribution in [2.24, 2.45) is 0 Å². The zero-order valence-corrected chi connectivity index (χ0v) is 14.1. The Morgan fingerprint density at radius 1 is 1.42 bits per heavy atom. The molecule has 0 aliphatic heterocycles. The molecule has 19 heavy (non-hydrogen) atoms. The van der Waals surface area contributed by atoms with E-state index in [-0.39, 0.29) is 0 Å². The van der Waals surface area contributed by atoms with Gasteiger partial charge in [-0.25, -0.2) is 0 Å². The maximum Gasteiger partial charge on any atom is 0.0575 e. The molecule has 2 rings (SSSR count). The Kier molecular flexibility index (Phi) is 6.85. The normalized spacial score (nSPS) is 18.6. The molecule has 1 saturated carbocycles. The van der Waals surface area contributed by atoms with Crippen LogP contribution in [-0.2, 0) is 4.74 Å². The first-order valence-electron chi connectivity index (χ1n) is 7.35. The average Bonchev–Trinajstić information content (AvgIpc) is 2.86. The summed E-state index contributed by atoms with van der Waals surface area (Å²) in [4.78, 5) is 1.38. The van der Waals surface area contributed by atoms with E-state index in [0.717, 1.165) is 19.6 Å². The maximum absolute atomic E-state index is 5.93. The predicted octanol–water partition coefficient (Wildman–Crippen LogP) is 4.90. The van der Waals surface area contributed by atoms with Crippen molar-refractivity contribution in [3.05, 3.63) is 20.8 Å². The highest BCUT2D eigenvalue weighted by atomic mass is 79.9. The average molecular weight is 346 g/mol. The number of rotatable bonds is 7. The highest BCUT2D eigenvalue weighted by Crippen LogP contribution is 2.28. The van der Waals surface area contributed by atoms with Gasteiger partial charge in [-0.3, -0.25) is 0 Å². The lowest BCUT2D eigenvalue weighted by molar-refractivity contribution is 0.0271. The molecule has 0 aromatic carbocycles. The van der Waals surface area contributed by atoms with Crippen molar-refractivity contribution in [3.8, 4) is 0 Å². The van der Waals surface area contributed by atoms with Crippen molar-refractivity contribution in [2.45, 2.75) is 57.6 Å². The topological polar surface area (TPSA) is 21.3 Å². The summed E-state index contributed by atoms with van der Waals surface area (Å²) < 4.78 is 7.15. The second-order valence-corrected chi connectivity index (χ2v) is 7.09. The van der Waals surface area contributed by atoms with Crippen molar-refractivity contribution >= 4 is 27.3 Å². The largest absolute Gasteiger partial charge is 0.378 e. The molecule has 1 fully saturated rings. The zero-order chi connectivity index (χ0) is 13.5. The van der Waals surface area contributed by atoms with Crippen LogP contribution in [0.2, 0.25) is 0 Å². The van der Waals surface area contributed by atoms with Crippen LogP contribution in [0.3, 0.4) is 0 Å². The summed E-state index contributed by atoms with van der Waals surface area (Å²) in [6.45, 7) is 4.15. The van der Waals surface area contributed by atoms with Crippen LogP contribution in [0.25, 0.3) is 0 Å². The summed E-state index contributed by atoms with van der Waals surface area (Å²) in [5, 5.41) is 5.69. The van der Waals surface area contributed by atoms with Gasteiger partial charge in [-0.05, 0) is 60.1 Å². The van der Waals surface area contributed by atoms with Gasteiger partial charge < -0.3 is 10.1 Å². The summed E-state index contributed by atoms with van der Waals surface area (Å²) >= 11 is 5.39. The van der Waals surface area contributed by atoms with Crippen molar-refractivity contribution in [2.75, 3.05) is 13.2 Å². The molecule has 1 N–H and O–H groups in total. The Morgan fingerprint density at radius 2 is 2.21 bits per heavy atom. The Balaban J connectivity index is 1.55. The fraction of sp³-hybridized carbons (Fsp3) is 0.733. The monoisotopic (exact) mass is 345 g/mol. The van der Waals surface area contributed by atoms with Gasteiger partial charge in [-0.2, -0.15) is 0 Å². The van der Waals surface area contributed by atoms with Crippen LogP contribution < -0.4 is 5.32 Å². The molecule has 2 nitrogen and oxygen atoms in total. The van der Waals surface area contributed by atoms with Crippen LogP contribution in [0.5, 0.6) is 0 Å². The van der Waals surface area contributed by atoms with Gasteiger partial charge in [0.05, 0.1) is 6.10 Å². The molecule has 1 aliphatic carbocycles. The molecule has 1 aromatic rings. The van der Waals surface area contributed by atoms with Crippen LogP contribution in [0.4, 0.5) is 0 Å². The number of nitrogens with one attached hydrogen (secondary N) is 1. The first-order chi connectivity index (χ1) is 9.27. The molecule has 1 aliphatic rings. The third-order valence-electron chi connectivity index (χ3n) is 3.72. The number of thiophene rings is 1. The fourth-order valence-electron chi connectivity index (χ4n) is 2.58. The molecule has 1 heterocycles. The van der Waals surface area contributed by atoms with Crippen molar-refractivity contribution in [1.82, 2.24) is 5.32 Å². The van der Waals surface area contributed by atoms with Gasteiger partial charge in [0.1, 0.15) is 0 Å². The molecule has 1 atom stereocenters. The van der Waals surface area contributed by atoms with E-state index in [4.69, 9.17) is 4.74 Å². The van der Waals surface area contributed by atoms with E-state index in [1.807, 2.05) is 0 Å². The van der Waals surface area contributed by atoms with Gasteiger partial charge in [0.25, 0.3) is 0 Å². The van der Waals surface area contributed by atoms with Gasteiger partial charge >= 0.3 is 0 Å². The number of halogens is 1. The van der Waals surface area contributed by atoms with Crippen molar-refractivity contribution < 1.29 is 4.74 Å². The Morgan fingerprint density at radius 3 is 2.89 bits per heavy atom. The molecular formula is C15H24BrNOS. The molecule has 108 valence electrons. The Labute approximate surface area is 129 Å². The highest BCUT2D eigenvalue weighted by Gasteiger charge is 2.13. The smallest absolute Gasteiger partial charge is 0.0575 e. The minimum absolute atomic E-state index is 0.420.